The van der Waals surface area contributed by atoms with Crippen molar-refractivity contribution in [3.8, 4) is 0 Å². The largest absolute Gasteiger partial charge is 0.588 e. The van der Waals surface area contributed by atoms with Crippen LogP contribution in [0, 0.1) is 6.92 Å². The molecule has 0 bridgehead atoms. The normalized spacial score (nSPS) is 12.2. The van der Waals surface area contributed by atoms with Gasteiger partial charge in [-0.2, -0.15) is 0 Å². The molecule has 0 saturated carbocycles. The van der Waals surface area contributed by atoms with Crippen LogP contribution in [0.2, 0.25) is 5.15 Å². The molecule has 3 nitrogen and oxygen atoms in total. The second-order valence-corrected chi connectivity index (χ2v) is 5.08. The van der Waals surface area contributed by atoms with Crippen molar-refractivity contribution in [1.82, 2.24) is 4.98 Å². The maximum absolute atomic E-state index is 12.1. The van der Waals surface area contributed by atoms with Gasteiger partial charge in [-0.25, -0.2) is 9.71 Å². The average molecular weight is 267 g/mol. The van der Waals surface area contributed by atoms with Crippen molar-refractivity contribution in [2.75, 3.05) is 4.72 Å². The van der Waals surface area contributed by atoms with Gasteiger partial charge in [-0.1, -0.05) is 29.8 Å². The molecule has 1 atom stereocenters. The van der Waals surface area contributed by atoms with E-state index in [1.807, 2.05) is 37.3 Å². The fraction of sp³-hybridized carbons (Fsp3) is 0.0833. The van der Waals surface area contributed by atoms with Crippen LogP contribution in [0.5, 0.6) is 0 Å². The van der Waals surface area contributed by atoms with Gasteiger partial charge < -0.3 is 4.55 Å². The lowest BCUT2D eigenvalue weighted by Gasteiger charge is -2.12. The van der Waals surface area contributed by atoms with E-state index in [0.717, 1.165) is 11.3 Å². The Kier molecular flexibility index (Phi) is 3.89. The molecule has 0 fully saturated rings. The molecule has 0 spiro atoms. The first kappa shape index (κ1) is 12.2. The molecule has 1 unspecified atom stereocenters. The van der Waals surface area contributed by atoms with E-state index in [1.165, 1.54) is 6.20 Å². The monoisotopic (exact) mass is 266 g/mol. The summed E-state index contributed by atoms with van der Waals surface area (Å²) in [7, 11) is 0. The average Bonchev–Trinajstić information content (AvgIpc) is 2.30. The van der Waals surface area contributed by atoms with E-state index in [2.05, 4.69) is 9.71 Å². The number of hydrogen-bond donors (Lipinski definition) is 1. The summed E-state index contributed by atoms with van der Waals surface area (Å²) in [5.74, 6) is 0. The second kappa shape index (κ2) is 5.40. The van der Waals surface area contributed by atoms with E-state index in [1.54, 1.807) is 6.07 Å². The Balaban J connectivity index is 2.17. The predicted octanol–water partition coefficient (Wildman–Crippen LogP) is 3.18. The fourth-order valence-corrected chi connectivity index (χ4v) is 2.54. The van der Waals surface area contributed by atoms with Crippen molar-refractivity contribution >= 4 is 28.7 Å². The third-order valence-corrected chi connectivity index (χ3v) is 3.67. The summed E-state index contributed by atoms with van der Waals surface area (Å²) in [5, 5.41) is 0.406. The molecule has 88 valence electrons. The van der Waals surface area contributed by atoms with Gasteiger partial charge >= 0.3 is 0 Å². The molecule has 0 aliphatic rings. The van der Waals surface area contributed by atoms with E-state index in [4.69, 9.17) is 11.6 Å². The van der Waals surface area contributed by atoms with Crippen LogP contribution in [-0.2, 0) is 11.4 Å². The number of hydrogen-bond acceptors (Lipinski definition) is 3. The third kappa shape index (κ3) is 3.12. The number of nitrogens with one attached hydrogen (secondary N) is 1. The van der Waals surface area contributed by atoms with E-state index in [0.29, 0.717) is 10.0 Å². The minimum absolute atomic E-state index is 0.406. The molecule has 1 N–H and O–H groups in total. The Morgan fingerprint density at radius 3 is 2.65 bits per heavy atom. The van der Waals surface area contributed by atoms with Gasteiger partial charge in [0.25, 0.3) is 0 Å². The first-order chi connectivity index (χ1) is 8.16. The number of pyridine rings is 1. The van der Waals surface area contributed by atoms with Crippen LogP contribution in [0.3, 0.4) is 0 Å². The lowest BCUT2D eigenvalue weighted by molar-refractivity contribution is 0.599. The molecular formula is C12H11ClN2OS. The lowest BCUT2D eigenvalue weighted by atomic mass is 10.3. The van der Waals surface area contributed by atoms with Crippen molar-refractivity contribution < 1.29 is 4.55 Å². The lowest BCUT2D eigenvalue weighted by Crippen LogP contribution is -2.14. The van der Waals surface area contributed by atoms with Crippen LogP contribution >= 0.6 is 11.6 Å². The van der Waals surface area contributed by atoms with Crippen LogP contribution in [-0.4, -0.2) is 9.54 Å². The van der Waals surface area contributed by atoms with Gasteiger partial charge in [0.15, 0.2) is 0 Å². The zero-order valence-corrected chi connectivity index (χ0v) is 10.8. The number of anilines is 1. The zero-order valence-electron chi connectivity index (χ0n) is 9.18. The first-order valence-corrected chi connectivity index (χ1v) is 6.55. The Morgan fingerprint density at radius 1 is 1.29 bits per heavy atom. The Hall–Kier alpha value is -1.23. The molecule has 2 aromatic rings. The molecule has 1 heterocycles. The molecule has 1 aromatic heterocycles. The SMILES string of the molecule is Cc1cc(Cl)ncc1[S+]([O-])Nc1ccccc1. The fourth-order valence-electron chi connectivity index (χ4n) is 1.37. The maximum atomic E-state index is 12.1. The van der Waals surface area contributed by atoms with Gasteiger partial charge in [-0.3, -0.25) is 0 Å². The molecular weight excluding hydrogens is 256 g/mol. The molecule has 1 aromatic carbocycles. The van der Waals surface area contributed by atoms with Crippen LogP contribution in [0.15, 0.2) is 47.5 Å². The maximum Gasteiger partial charge on any atom is 0.201 e. The van der Waals surface area contributed by atoms with E-state index < -0.39 is 11.4 Å². The molecule has 2 rings (SSSR count). The quantitative estimate of drug-likeness (QED) is 0.686. The van der Waals surface area contributed by atoms with Gasteiger partial charge in [0.05, 0.1) is 11.9 Å². The highest BCUT2D eigenvalue weighted by Crippen LogP contribution is 2.20. The topological polar surface area (TPSA) is 48.0 Å². The van der Waals surface area contributed by atoms with Gasteiger partial charge in [0.2, 0.25) is 4.90 Å². The summed E-state index contributed by atoms with van der Waals surface area (Å²) in [6.45, 7) is 1.85. The van der Waals surface area contributed by atoms with Gasteiger partial charge in [-0.15, -0.1) is 0 Å². The Labute approximate surface area is 108 Å². The first-order valence-electron chi connectivity index (χ1n) is 5.02. The number of rotatable bonds is 3. The van der Waals surface area contributed by atoms with Crippen LogP contribution in [0.4, 0.5) is 5.69 Å². The molecule has 0 amide bonds. The standard InChI is InChI=1S/C12H11ClN2OS/c1-9-7-12(13)14-8-11(9)17(16)15-10-5-3-2-4-6-10/h2-8,15H,1H3. The summed E-state index contributed by atoms with van der Waals surface area (Å²) in [6.07, 6.45) is 1.53. The summed E-state index contributed by atoms with van der Waals surface area (Å²) in [5.41, 5.74) is 1.66. The third-order valence-electron chi connectivity index (χ3n) is 2.21. The van der Waals surface area contributed by atoms with Gasteiger partial charge in [0, 0.05) is 5.56 Å². The number of nitrogens with zero attached hydrogens (tertiary/aromatic N) is 1. The summed E-state index contributed by atoms with van der Waals surface area (Å²) >= 11 is 4.43. The molecule has 0 aliphatic heterocycles. The van der Waals surface area contributed by atoms with Crippen molar-refractivity contribution in [1.29, 1.82) is 0 Å². The van der Waals surface area contributed by atoms with E-state index in [-0.39, 0.29) is 0 Å². The van der Waals surface area contributed by atoms with Crippen LogP contribution in [0.25, 0.3) is 0 Å². The molecule has 5 heteroatoms. The summed E-state index contributed by atoms with van der Waals surface area (Å²) < 4.78 is 15.0. The summed E-state index contributed by atoms with van der Waals surface area (Å²) in [6, 6.07) is 11.1. The highest BCUT2D eigenvalue weighted by atomic mass is 35.5. The minimum Gasteiger partial charge on any atom is -0.588 e. The van der Waals surface area contributed by atoms with Gasteiger partial charge in [-0.05, 0) is 25.1 Å². The van der Waals surface area contributed by atoms with E-state index >= 15 is 0 Å². The predicted molar refractivity (Wildman–Crippen MR) is 70.5 cm³/mol. The van der Waals surface area contributed by atoms with Gasteiger partial charge in [0.1, 0.15) is 16.5 Å². The molecule has 0 aliphatic carbocycles. The van der Waals surface area contributed by atoms with Crippen LogP contribution in [0.1, 0.15) is 5.56 Å². The molecule has 0 radical (unpaired) electrons. The van der Waals surface area contributed by atoms with E-state index in [9.17, 15) is 4.55 Å². The molecule has 0 saturated heterocycles. The molecule has 17 heavy (non-hydrogen) atoms. The number of aryl methyl sites for hydroxylation is 1. The Morgan fingerprint density at radius 2 is 2.00 bits per heavy atom. The smallest absolute Gasteiger partial charge is 0.201 e. The highest BCUT2D eigenvalue weighted by Gasteiger charge is 2.15. The number of halogens is 1. The van der Waals surface area contributed by atoms with Crippen molar-refractivity contribution in [3.63, 3.8) is 0 Å². The highest BCUT2D eigenvalue weighted by molar-refractivity contribution is 7.92. The van der Waals surface area contributed by atoms with Crippen molar-refractivity contribution in [3.05, 3.63) is 53.3 Å². The van der Waals surface area contributed by atoms with Crippen LogP contribution < -0.4 is 4.72 Å². The number of para-hydroxylation sites is 1. The number of aromatic nitrogens is 1. The van der Waals surface area contributed by atoms with Crippen molar-refractivity contribution in [2.24, 2.45) is 0 Å². The van der Waals surface area contributed by atoms with Crippen molar-refractivity contribution in [2.45, 2.75) is 11.8 Å². The minimum atomic E-state index is -1.33. The zero-order chi connectivity index (χ0) is 12.3. The Bertz CT molecular complexity index is 507. The number of benzene rings is 1. The second-order valence-electron chi connectivity index (χ2n) is 3.51. The summed E-state index contributed by atoms with van der Waals surface area (Å²) in [4.78, 5) is 4.57.